The van der Waals surface area contributed by atoms with Crippen LogP contribution in [0.3, 0.4) is 0 Å². The summed E-state index contributed by atoms with van der Waals surface area (Å²) in [6, 6.07) is 16.2. The Balaban J connectivity index is 1.46. The van der Waals surface area contributed by atoms with Gasteiger partial charge in [-0.1, -0.05) is 50.2 Å². The van der Waals surface area contributed by atoms with Gasteiger partial charge in [0, 0.05) is 30.2 Å². The maximum absolute atomic E-state index is 12.0. The summed E-state index contributed by atoms with van der Waals surface area (Å²) >= 11 is 0. The number of aliphatic carboxylic acids is 1. The fourth-order valence-electron chi connectivity index (χ4n) is 3.69. The molecule has 4 aromatic rings. The Morgan fingerprint density at radius 2 is 1.68 bits per heavy atom. The third-order valence-electron chi connectivity index (χ3n) is 5.54. The van der Waals surface area contributed by atoms with E-state index in [1.54, 1.807) is 6.20 Å². The number of pyridine rings is 1. The van der Waals surface area contributed by atoms with E-state index in [1.165, 1.54) is 0 Å². The first kappa shape index (κ1) is 23.0. The molecule has 0 saturated carbocycles. The Morgan fingerprint density at radius 1 is 0.971 bits per heavy atom. The second-order valence-electron chi connectivity index (χ2n) is 8.62. The van der Waals surface area contributed by atoms with Crippen LogP contribution in [-0.2, 0) is 11.2 Å². The first-order valence-corrected chi connectivity index (χ1v) is 11.1. The molecule has 8 heteroatoms. The van der Waals surface area contributed by atoms with Crippen molar-refractivity contribution in [3.8, 4) is 0 Å². The summed E-state index contributed by atoms with van der Waals surface area (Å²) in [7, 11) is 0. The SMILES string of the molecule is CC(C)CNc1c(NC(Cc2ccc(Nc3nccc4ccccc34)cc2)C(=O)O)c(=O)c1=O. The van der Waals surface area contributed by atoms with Crippen molar-refractivity contribution in [2.24, 2.45) is 5.92 Å². The number of nitrogens with zero attached hydrogens (tertiary/aromatic N) is 1. The molecule has 0 radical (unpaired) electrons. The van der Waals surface area contributed by atoms with Gasteiger partial charge in [-0.15, -0.1) is 0 Å². The summed E-state index contributed by atoms with van der Waals surface area (Å²) < 4.78 is 0. The molecule has 0 aliphatic carbocycles. The zero-order valence-electron chi connectivity index (χ0n) is 19.0. The van der Waals surface area contributed by atoms with Crippen LogP contribution in [0, 0.1) is 5.92 Å². The van der Waals surface area contributed by atoms with Crippen molar-refractivity contribution >= 4 is 39.6 Å². The van der Waals surface area contributed by atoms with E-state index >= 15 is 0 Å². The van der Waals surface area contributed by atoms with Gasteiger partial charge in [0.2, 0.25) is 0 Å². The monoisotopic (exact) mass is 458 g/mol. The molecule has 0 aliphatic heterocycles. The molecule has 0 amide bonds. The number of nitrogens with one attached hydrogen (secondary N) is 3. The number of carbonyl (C=O) groups is 1. The fraction of sp³-hybridized carbons (Fsp3) is 0.231. The van der Waals surface area contributed by atoms with Crippen molar-refractivity contribution < 1.29 is 9.90 Å². The number of anilines is 4. The normalized spacial score (nSPS) is 12.1. The molecule has 4 N–H and O–H groups in total. The fourth-order valence-corrected chi connectivity index (χ4v) is 3.69. The van der Waals surface area contributed by atoms with E-state index in [-0.39, 0.29) is 23.7 Å². The maximum atomic E-state index is 12.0. The first-order chi connectivity index (χ1) is 16.3. The van der Waals surface area contributed by atoms with Crippen LogP contribution in [-0.4, -0.2) is 28.6 Å². The van der Waals surface area contributed by atoms with Crippen LogP contribution in [0.25, 0.3) is 10.8 Å². The van der Waals surface area contributed by atoms with Crippen LogP contribution in [0.15, 0.2) is 70.4 Å². The Morgan fingerprint density at radius 3 is 2.38 bits per heavy atom. The zero-order valence-corrected chi connectivity index (χ0v) is 19.0. The lowest BCUT2D eigenvalue weighted by atomic mass is 10.0. The highest BCUT2D eigenvalue weighted by Gasteiger charge is 2.26. The highest BCUT2D eigenvalue weighted by molar-refractivity contribution is 5.93. The van der Waals surface area contributed by atoms with Crippen LogP contribution in [0.5, 0.6) is 0 Å². The van der Waals surface area contributed by atoms with Crippen LogP contribution in [0.2, 0.25) is 0 Å². The maximum Gasteiger partial charge on any atom is 0.326 e. The van der Waals surface area contributed by atoms with Gasteiger partial charge in [-0.3, -0.25) is 9.59 Å². The molecular weight excluding hydrogens is 432 g/mol. The summed E-state index contributed by atoms with van der Waals surface area (Å²) in [5.74, 6) is -0.105. The highest BCUT2D eigenvalue weighted by Crippen LogP contribution is 2.24. The number of aromatic nitrogens is 1. The number of hydrogen-bond acceptors (Lipinski definition) is 7. The number of carboxylic acid groups (broad SMARTS) is 1. The van der Waals surface area contributed by atoms with E-state index in [9.17, 15) is 19.5 Å². The van der Waals surface area contributed by atoms with Gasteiger partial charge in [-0.2, -0.15) is 0 Å². The zero-order chi connectivity index (χ0) is 24.2. The van der Waals surface area contributed by atoms with Crippen molar-refractivity contribution in [3.05, 3.63) is 86.8 Å². The number of rotatable bonds is 10. The van der Waals surface area contributed by atoms with Gasteiger partial charge in [0.25, 0.3) is 10.9 Å². The smallest absolute Gasteiger partial charge is 0.326 e. The van der Waals surface area contributed by atoms with E-state index < -0.39 is 22.9 Å². The van der Waals surface area contributed by atoms with Crippen LogP contribution < -0.4 is 26.8 Å². The summed E-state index contributed by atoms with van der Waals surface area (Å²) in [4.78, 5) is 40.2. The summed E-state index contributed by atoms with van der Waals surface area (Å²) in [6.07, 6.45) is 1.89. The first-order valence-electron chi connectivity index (χ1n) is 11.1. The predicted molar refractivity (Wildman–Crippen MR) is 135 cm³/mol. The molecule has 174 valence electrons. The van der Waals surface area contributed by atoms with Crippen LogP contribution in [0.1, 0.15) is 19.4 Å². The average molecular weight is 459 g/mol. The number of carboxylic acids is 1. The molecule has 1 aromatic heterocycles. The second-order valence-corrected chi connectivity index (χ2v) is 8.62. The quantitative estimate of drug-likeness (QED) is 0.265. The third-order valence-corrected chi connectivity index (χ3v) is 5.54. The largest absolute Gasteiger partial charge is 0.480 e. The molecule has 0 fully saturated rings. The van der Waals surface area contributed by atoms with Gasteiger partial charge >= 0.3 is 5.97 Å². The molecule has 1 atom stereocenters. The van der Waals surface area contributed by atoms with E-state index in [0.29, 0.717) is 6.54 Å². The predicted octanol–water partition coefficient (Wildman–Crippen LogP) is 3.75. The number of benzene rings is 2. The Hall–Kier alpha value is -4.20. The standard InChI is InChI=1S/C26H26N4O4/c1-15(2)14-28-21-22(24(32)23(21)31)30-20(26(33)34)13-16-7-9-18(10-8-16)29-25-19-6-4-3-5-17(19)11-12-27-25/h3-12,15,20,28,30H,13-14H2,1-2H3,(H,27,29)(H,33,34). The lowest BCUT2D eigenvalue weighted by Crippen LogP contribution is -2.42. The van der Waals surface area contributed by atoms with E-state index in [2.05, 4.69) is 20.9 Å². The molecule has 0 aliphatic rings. The lowest BCUT2D eigenvalue weighted by Gasteiger charge is -2.20. The summed E-state index contributed by atoms with van der Waals surface area (Å²) in [5, 5.41) is 20.8. The highest BCUT2D eigenvalue weighted by atomic mass is 16.4. The molecule has 3 aromatic carbocycles. The van der Waals surface area contributed by atoms with E-state index in [4.69, 9.17) is 0 Å². The van der Waals surface area contributed by atoms with Crippen molar-refractivity contribution in [1.82, 2.24) is 4.98 Å². The lowest BCUT2D eigenvalue weighted by molar-refractivity contribution is -0.137. The van der Waals surface area contributed by atoms with Gasteiger partial charge in [0.15, 0.2) is 0 Å². The molecule has 34 heavy (non-hydrogen) atoms. The topological polar surface area (TPSA) is 120 Å². The Labute approximate surface area is 196 Å². The molecule has 4 rings (SSSR count). The molecular formula is C26H26N4O4. The Bertz CT molecular complexity index is 1380. The van der Waals surface area contributed by atoms with Gasteiger partial charge in [-0.25, -0.2) is 9.78 Å². The summed E-state index contributed by atoms with van der Waals surface area (Å²) in [6.45, 7) is 4.46. The minimum Gasteiger partial charge on any atom is -0.480 e. The van der Waals surface area contributed by atoms with Crippen molar-refractivity contribution in [2.45, 2.75) is 26.3 Å². The van der Waals surface area contributed by atoms with Gasteiger partial charge in [-0.05, 0) is 35.1 Å². The van der Waals surface area contributed by atoms with Crippen molar-refractivity contribution in [3.63, 3.8) is 0 Å². The van der Waals surface area contributed by atoms with E-state index in [0.717, 1.165) is 27.8 Å². The minimum absolute atomic E-state index is 0.0402. The minimum atomic E-state index is -1.11. The molecule has 1 unspecified atom stereocenters. The number of hydrogen-bond donors (Lipinski definition) is 4. The number of fused-ring (bicyclic) bond motifs is 1. The van der Waals surface area contributed by atoms with Crippen LogP contribution >= 0.6 is 0 Å². The van der Waals surface area contributed by atoms with Crippen LogP contribution in [0.4, 0.5) is 22.9 Å². The van der Waals surface area contributed by atoms with Crippen molar-refractivity contribution in [1.29, 1.82) is 0 Å². The molecule has 1 heterocycles. The van der Waals surface area contributed by atoms with Crippen molar-refractivity contribution in [2.75, 3.05) is 22.5 Å². The third kappa shape index (κ3) is 4.91. The average Bonchev–Trinajstić information content (AvgIpc) is 2.83. The van der Waals surface area contributed by atoms with E-state index in [1.807, 2.05) is 68.4 Å². The van der Waals surface area contributed by atoms with Gasteiger partial charge < -0.3 is 21.1 Å². The molecule has 8 nitrogen and oxygen atoms in total. The molecule has 0 bridgehead atoms. The van der Waals surface area contributed by atoms with Gasteiger partial charge in [0.1, 0.15) is 23.2 Å². The second kappa shape index (κ2) is 9.74. The van der Waals surface area contributed by atoms with Gasteiger partial charge in [0.05, 0.1) is 0 Å². The molecule has 0 spiro atoms. The molecule has 0 saturated heterocycles. The summed E-state index contributed by atoms with van der Waals surface area (Å²) in [5.41, 5.74) is 0.469. The Kier molecular flexibility index (Phi) is 6.58.